The largest absolute Gasteiger partial charge is 0.478 e. The van der Waals surface area contributed by atoms with Gasteiger partial charge in [-0.05, 0) is 74.6 Å². The Balaban J connectivity index is 1.64. The van der Waals surface area contributed by atoms with Crippen LogP contribution in [0.4, 0.5) is 5.69 Å². The lowest BCUT2D eigenvalue weighted by Crippen LogP contribution is -2.42. The third-order valence-electron chi connectivity index (χ3n) is 5.27. The van der Waals surface area contributed by atoms with Crippen molar-refractivity contribution in [3.63, 3.8) is 0 Å². The third kappa shape index (κ3) is 4.94. The Kier molecular flexibility index (Phi) is 6.41. The molecule has 1 aliphatic rings. The summed E-state index contributed by atoms with van der Waals surface area (Å²) < 4.78 is 6.82. The van der Waals surface area contributed by atoms with E-state index in [1.165, 1.54) is 12.8 Å². The molecular formula is C23H25BrN2O2. The molecule has 0 bridgehead atoms. The summed E-state index contributed by atoms with van der Waals surface area (Å²) in [4.78, 5) is 12.7. The number of nitrogens with zero attached hydrogens (tertiary/aromatic N) is 1. The highest BCUT2D eigenvalue weighted by atomic mass is 79.9. The first-order valence-corrected chi connectivity index (χ1v) is 10.4. The Morgan fingerprint density at radius 1 is 1.14 bits per heavy atom. The number of rotatable bonds is 6. The van der Waals surface area contributed by atoms with E-state index in [0.717, 1.165) is 22.9 Å². The summed E-state index contributed by atoms with van der Waals surface area (Å²) in [5.41, 5.74) is 0.702. The normalized spacial score (nSPS) is 15.6. The standard InChI is InChI=1S/C23H25BrN2O2/c1-23(2,28-20-13-9-18(24)10-14-20)22(27)26-19-11-7-17(8-12-19)21(15-25)16-5-3-4-6-16/h7-14,16,21H,3-6H2,1-2H3,(H,26,27). The Morgan fingerprint density at radius 3 is 2.32 bits per heavy atom. The van der Waals surface area contributed by atoms with Crippen molar-refractivity contribution in [2.24, 2.45) is 5.92 Å². The van der Waals surface area contributed by atoms with E-state index in [0.29, 0.717) is 17.4 Å². The molecule has 5 heteroatoms. The highest BCUT2D eigenvalue weighted by molar-refractivity contribution is 9.10. The van der Waals surface area contributed by atoms with Crippen molar-refractivity contribution in [1.29, 1.82) is 5.26 Å². The van der Waals surface area contributed by atoms with Gasteiger partial charge in [-0.15, -0.1) is 0 Å². The highest BCUT2D eigenvalue weighted by Gasteiger charge is 2.30. The van der Waals surface area contributed by atoms with Crippen molar-refractivity contribution in [1.82, 2.24) is 0 Å². The minimum atomic E-state index is -1.02. The molecule has 1 aliphatic carbocycles. The van der Waals surface area contributed by atoms with E-state index >= 15 is 0 Å². The Bertz CT molecular complexity index is 848. The molecule has 1 N–H and O–H groups in total. The first kappa shape index (κ1) is 20.4. The molecule has 0 aromatic heterocycles. The highest BCUT2D eigenvalue weighted by Crippen LogP contribution is 2.37. The molecule has 1 amide bonds. The molecule has 2 aromatic rings. The van der Waals surface area contributed by atoms with Crippen LogP contribution in [0.25, 0.3) is 0 Å². The average molecular weight is 441 g/mol. The van der Waals surface area contributed by atoms with Gasteiger partial charge in [-0.2, -0.15) is 5.26 Å². The molecule has 2 aromatic carbocycles. The minimum Gasteiger partial charge on any atom is -0.478 e. The van der Waals surface area contributed by atoms with Gasteiger partial charge < -0.3 is 10.1 Å². The summed E-state index contributed by atoms with van der Waals surface area (Å²) in [5.74, 6) is 0.788. The number of anilines is 1. The Labute approximate surface area is 175 Å². The zero-order chi connectivity index (χ0) is 20.1. The number of carbonyl (C=O) groups excluding carboxylic acids is 1. The van der Waals surface area contributed by atoms with Gasteiger partial charge in [0.2, 0.25) is 0 Å². The Morgan fingerprint density at radius 2 is 1.75 bits per heavy atom. The molecule has 0 heterocycles. The molecule has 1 saturated carbocycles. The number of amides is 1. The minimum absolute atomic E-state index is 0.0653. The maximum Gasteiger partial charge on any atom is 0.267 e. The SMILES string of the molecule is CC(C)(Oc1ccc(Br)cc1)C(=O)Nc1ccc(C(C#N)C2CCCC2)cc1. The van der Waals surface area contributed by atoms with Crippen LogP contribution in [-0.4, -0.2) is 11.5 Å². The molecule has 28 heavy (non-hydrogen) atoms. The maximum absolute atomic E-state index is 12.7. The van der Waals surface area contributed by atoms with Gasteiger partial charge in [-0.1, -0.05) is 40.9 Å². The predicted octanol–water partition coefficient (Wildman–Crippen LogP) is 6.04. The molecule has 0 radical (unpaired) electrons. The molecular weight excluding hydrogens is 416 g/mol. The summed E-state index contributed by atoms with van der Waals surface area (Å²) in [6, 6.07) is 17.5. The van der Waals surface area contributed by atoms with E-state index in [4.69, 9.17) is 4.74 Å². The van der Waals surface area contributed by atoms with Crippen LogP contribution in [-0.2, 0) is 4.79 Å². The first-order valence-electron chi connectivity index (χ1n) is 9.64. The summed E-state index contributed by atoms with van der Waals surface area (Å²) in [7, 11) is 0. The molecule has 146 valence electrons. The van der Waals surface area contributed by atoms with Crippen LogP contribution in [0, 0.1) is 17.2 Å². The van der Waals surface area contributed by atoms with Crippen LogP contribution in [0.5, 0.6) is 5.75 Å². The van der Waals surface area contributed by atoms with Crippen molar-refractivity contribution < 1.29 is 9.53 Å². The van der Waals surface area contributed by atoms with Crippen molar-refractivity contribution >= 4 is 27.5 Å². The predicted molar refractivity (Wildman–Crippen MR) is 114 cm³/mol. The molecule has 0 aliphatic heterocycles. The lowest BCUT2D eigenvalue weighted by molar-refractivity contribution is -0.128. The van der Waals surface area contributed by atoms with Crippen LogP contribution < -0.4 is 10.1 Å². The second kappa shape index (κ2) is 8.79. The molecule has 0 spiro atoms. The molecule has 1 fully saturated rings. The van der Waals surface area contributed by atoms with E-state index in [1.807, 2.05) is 48.5 Å². The van der Waals surface area contributed by atoms with E-state index in [2.05, 4.69) is 27.3 Å². The number of nitriles is 1. The number of nitrogens with one attached hydrogen (secondary N) is 1. The van der Waals surface area contributed by atoms with Crippen LogP contribution in [0.1, 0.15) is 51.0 Å². The van der Waals surface area contributed by atoms with Gasteiger partial charge in [-0.25, -0.2) is 0 Å². The van der Waals surface area contributed by atoms with Crippen LogP contribution in [0.3, 0.4) is 0 Å². The zero-order valence-electron chi connectivity index (χ0n) is 16.2. The van der Waals surface area contributed by atoms with Gasteiger partial charge in [-0.3, -0.25) is 4.79 Å². The third-order valence-corrected chi connectivity index (χ3v) is 5.80. The van der Waals surface area contributed by atoms with Crippen molar-refractivity contribution in [3.05, 3.63) is 58.6 Å². The number of ether oxygens (including phenoxy) is 1. The number of halogens is 1. The van der Waals surface area contributed by atoms with Gasteiger partial charge in [0, 0.05) is 10.2 Å². The second-order valence-electron chi connectivity index (χ2n) is 7.79. The first-order chi connectivity index (χ1) is 13.4. The topological polar surface area (TPSA) is 62.1 Å². The number of carbonyl (C=O) groups is 1. The van der Waals surface area contributed by atoms with Crippen LogP contribution in [0.15, 0.2) is 53.0 Å². The second-order valence-corrected chi connectivity index (χ2v) is 8.71. The summed E-state index contributed by atoms with van der Waals surface area (Å²) >= 11 is 3.39. The maximum atomic E-state index is 12.7. The van der Waals surface area contributed by atoms with Gasteiger partial charge in [0.15, 0.2) is 5.60 Å². The number of hydrogen-bond acceptors (Lipinski definition) is 3. The van der Waals surface area contributed by atoms with E-state index in [-0.39, 0.29) is 11.8 Å². The lowest BCUT2D eigenvalue weighted by Gasteiger charge is -2.25. The van der Waals surface area contributed by atoms with Crippen LogP contribution in [0.2, 0.25) is 0 Å². The number of benzene rings is 2. The van der Waals surface area contributed by atoms with Gasteiger partial charge in [0.25, 0.3) is 5.91 Å². The fourth-order valence-corrected chi connectivity index (χ4v) is 3.91. The fourth-order valence-electron chi connectivity index (χ4n) is 3.64. The number of hydrogen-bond donors (Lipinski definition) is 1. The lowest BCUT2D eigenvalue weighted by atomic mass is 9.86. The summed E-state index contributed by atoms with van der Waals surface area (Å²) in [6.07, 6.45) is 4.67. The van der Waals surface area contributed by atoms with E-state index < -0.39 is 5.60 Å². The average Bonchev–Trinajstić information content (AvgIpc) is 3.20. The van der Waals surface area contributed by atoms with Crippen molar-refractivity contribution in [2.75, 3.05) is 5.32 Å². The van der Waals surface area contributed by atoms with E-state index in [9.17, 15) is 10.1 Å². The summed E-state index contributed by atoms with van der Waals surface area (Å²) in [5, 5.41) is 12.5. The Hall–Kier alpha value is -2.32. The quantitative estimate of drug-likeness (QED) is 0.594. The van der Waals surface area contributed by atoms with Gasteiger partial charge >= 0.3 is 0 Å². The van der Waals surface area contributed by atoms with Crippen molar-refractivity contribution in [3.8, 4) is 11.8 Å². The van der Waals surface area contributed by atoms with Gasteiger partial charge in [0.05, 0.1) is 12.0 Å². The monoisotopic (exact) mass is 440 g/mol. The smallest absolute Gasteiger partial charge is 0.267 e. The van der Waals surface area contributed by atoms with Crippen molar-refractivity contribution in [2.45, 2.75) is 51.0 Å². The molecule has 4 nitrogen and oxygen atoms in total. The molecule has 3 rings (SSSR count). The molecule has 0 saturated heterocycles. The van der Waals surface area contributed by atoms with Gasteiger partial charge in [0.1, 0.15) is 5.75 Å². The van der Waals surface area contributed by atoms with Crippen LogP contribution >= 0.6 is 15.9 Å². The summed E-state index contributed by atoms with van der Waals surface area (Å²) in [6.45, 7) is 3.48. The zero-order valence-corrected chi connectivity index (χ0v) is 17.8. The fraction of sp³-hybridized carbons (Fsp3) is 0.391. The van der Waals surface area contributed by atoms with E-state index in [1.54, 1.807) is 13.8 Å². The molecule has 1 unspecified atom stereocenters. The molecule has 1 atom stereocenters.